The van der Waals surface area contributed by atoms with E-state index in [0.29, 0.717) is 52.7 Å². The van der Waals surface area contributed by atoms with Crippen LogP contribution in [0.25, 0.3) is 22.5 Å². The molecule has 8 rings (SSSR count). The van der Waals surface area contributed by atoms with Crippen molar-refractivity contribution in [2.24, 2.45) is 0 Å². The van der Waals surface area contributed by atoms with Crippen molar-refractivity contribution in [2.75, 3.05) is 39.1 Å². The quantitative estimate of drug-likeness (QED) is 0.0959. The lowest BCUT2D eigenvalue weighted by atomic mass is 9.95. The molecule has 0 fully saturated rings. The number of benzene rings is 6. The number of hydrogen-bond donors (Lipinski definition) is 2. The lowest BCUT2D eigenvalue weighted by Gasteiger charge is -2.14. The van der Waals surface area contributed by atoms with Crippen molar-refractivity contribution < 1.29 is 32.9 Å². The van der Waals surface area contributed by atoms with Gasteiger partial charge in [0.1, 0.15) is 5.82 Å². The first-order valence-electron chi connectivity index (χ1n) is 23.2. The van der Waals surface area contributed by atoms with Crippen LogP contribution in [-0.4, -0.2) is 60.2 Å². The Morgan fingerprint density at radius 3 is 1.42 bits per heavy atom. The van der Waals surface area contributed by atoms with E-state index in [1.807, 2.05) is 104 Å². The SMILES string of the molecule is COc1ccc(-c2cncc(C[C@@H](C)c3cccc(NC(=O)c4cc(C)cc(Br)c4)c3)n2)cc1OC.COc1ccc(-c2cncc(C[C@@H](C)c3cccc(NC(=O)c4cc(C)cc(F)c4)c3)n2)cc1OC. The zero-order valence-electron chi connectivity index (χ0n) is 41.4. The molecule has 2 aromatic heterocycles. The van der Waals surface area contributed by atoms with Crippen LogP contribution in [0.3, 0.4) is 0 Å². The normalized spacial score (nSPS) is 11.6. The molecule has 0 bridgehead atoms. The topological polar surface area (TPSA) is 147 Å². The van der Waals surface area contributed by atoms with Crippen molar-refractivity contribution in [1.29, 1.82) is 0 Å². The van der Waals surface area contributed by atoms with Gasteiger partial charge in [-0.3, -0.25) is 19.6 Å². The number of aromatic nitrogens is 4. The summed E-state index contributed by atoms with van der Waals surface area (Å²) in [6.07, 6.45) is 8.39. The van der Waals surface area contributed by atoms with Crippen molar-refractivity contribution in [3.8, 4) is 45.5 Å². The Bertz CT molecular complexity index is 2950. The molecule has 6 aromatic carbocycles. The summed E-state index contributed by atoms with van der Waals surface area (Å²) in [6.45, 7) is 7.96. The van der Waals surface area contributed by atoms with Crippen LogP contribution in [0, 0.1) is 19.7 Å². The molecule has 0 spiro atoms. The Morgan fingerprint density at radius 1 is 0.542 bits per heavy atom. The van der Waals surface area contributed by atoms with E-state index in [4.69, 9.17) is 28.9 Å². The summed E-state index contributed by atoms with van der Waals surface area (Å²) < 4.78 is 36.1. The molecule has 0 radical (unpaired) electrons. The summed E-state index contributed by atoms with van der Waals surface area (Å²) in [6, 6.07) is 36.9. The summed E-state index contributed by atoms with van der Waals surface area (Å²) in [5.74, 6) is 1.96. The van der Waals surface area contributed by atoms with Crippen LogP contribution < -0.4 is 29.6 Å². The summed E-state index contributed by atoms with van der Waals surface area (Å²) >= 11 is 3.46. The van der Waals surface area contributed by atoms with E-state index in [1.165, 1.54) is 12.1 Å². The van der Waals surface area contributed by atoms with E-state index >= 15 is 0 Å². The minimum absolute atomic E-state index is 0.119. The Hall–Kier alpha value is -7.97. The largest absolute Gasteiger partial charge is 0.493 e. The van der Waals surface area contributed by atoms with Crippen molar-refractivity contribution in [2.45, 2.75) is 52.4 Å². The number of nitrogens with zero attached hydrogens (tertiary/aromatic N) is 4. The fraction of sp³-hybridized carbons (Fsp3) is 0.207. The number of nitrogens with one attached hydrogen (secondary N) is 2. The molecular formula is C58H56BrFN6O6. The van der Waals surface area contributed by atoms with E-state index in [9.17, 15) is 14.0 Å². The molecule has 0 aliphatic heterocycles. The van der Waals surface area contributed by atoms with Crippen molar-refractivity contribution in [3.63, 3.8) is 0 Å². The molecule has 2 amide bonds. The Kier molecular flexibility index (Phi) is 17.5. The smallest absolute Gasteiger partial charge is 0.255 e. The van der Waals surface area contributed by atoms with E-state index in [1.54, 1.807) is 66.2 Å². The standard InChI is InChI=1S/C29H28BrN3O3.C29H28FN3O3/c2*1-18-10-22(13-23(30)11-18)29(34)33-24-7-5-6-20(14-24)19(2)12-25-16-31-17-26(32-25)21-8-9-27(35-3)28(15-21)36-4/h2*5-11,13-17,19H,12H2,1-4H3,(H,33,34)/t2*19-/m11/s1. The summed E-state index contributed by atoms with van der Waals surface area (Å²) in [7, 11) is 6.42. The first-order valence-corrected chi connectivity index (χ1v) is 23.9. The van der Waals surface area contributed by atoms with Gasteiger partial charge in [0, 0.05) is 50.5 Å². The fourth-order valence-electron chi connectivity index (χ4n) is 8.13. The highest BCUT2D eigenvalue weighted by Gasteiger charge is 2.16. The molecule has 2 atom stereocenters. The number of hydrogen-bond acceptors (Lipinski definition) is 10. The van der Waals surface area contributed by atoms with E-state index in [0.717, 1.165) is 60.8 Å². The van der Waals surface area contributed by atoms with Crippen LogP contribution in [0.4, 0.5) is 15.8 Å². The molecule has 12 nitrogen and oxygen atoms in total. The van der Waals surface area contributed by atoms with Gasteiger partial charge in [-0.1, -0.05) is 54.0 Å². The van der Waals surface area contributed by atoms with Crippen LogP contribution in [-0.2, 0) is 12.8 Å². The second-order valence-electron chi connectivity index (χ2n) is 17.3. The summed E-state index contributed by atoms with van der Waals surface area (Å²) in [5.41, 5.74) is 11.2. The van der Waals surface area contributed by atoms with Gasteiger partial charge in [-0.25, -0.2) is 14.4 Å². The van der Waals surface area contributed by atoms with Crippen molar-refractivity contribution in [1.82, 2.24) is 19.9 Å². The second kappa shape index (κ2) is 24.2. The molecular weight excluding hydrogens is 976 g/mol. The molecule has 0 unspecified atom stereocenters. The molecule has 2 N–H and O–H groups in total. The lowest BCUT2D eigenvalue weighted by Crippen LogP contribution is -2.13. The summed E-state index contributed by atoms with van der Waals surface area (Å²) in [5, 5.41) is 5.88. The third-order valence-corrected chi connectivity index (χ3v) is 12.3. The number of rotatable bonds is 16. The van der Waals surface area contributed by atoms with Gasteiger partial charge in [0.2, 0.25) is 0 Å². The number of carbonyl (C=O) groups excluding carboxylic acids is 2. The van der Waals surface area contributed by atoms with Crippen LogP contribution in [0.5, 0.6) is 23.0 Å². The maximum Gasteiger partial charge on any atom is 0.255 e. The van der Waals surface area contributed by atoms with Crippen molar-refractivity contribution in [3.05, 3.63) is 201 Å². The van der Waals surface area contributed by atoms with E-state index in [-0.39, 0.29) is 29.2 Å². The van der Waals surface area contributed by atoms with Gasteiger partial charge in [0.15, 0.2) is 23.0 Å². The summed E-state index contributed by atoms with van der Waals surface area (Å²) in [4.78, 5) is 43.9. The first kappa shape index (κ1) is 51.9. The average molecular weight is 1030 g/mol. The monoisotopic (exact) mass is 1030 g/mol. The molecule has 0 saturated carbocycles. The highest BCUT2D eigenvalue weighted by atomic mass is 79.9. The highest BCUT2D eigenvalue weighted by molar-refractivity contribution is 9.10. The molecule has 14 heteroatoms. The molecule has 0 aliphatic carbocycles. The zero-order chi connectivity index (χ0) is 51.3. The van der Waals surface area contributed by atoms with Gasteiger partial charge < -0.3 is 29.6 Å². The average Bonchev–Trinajstić information content (AvgIpc) is 3.38. The number of halogens is 2. The number of ether oxygens (including phenoxy) is 4. The fourth-order valence-corrected chi connectivity index (χ4v) is 8.74. The van der Waals surface area contributed by atoms with Gasteiger partial charge >= 0.3 is 0 Å². The predicted octanol–water partition coefficient (Wildman–Crippen LogP) is 13.0. The van der Waals surface area contributed by atoms with Crippen LogP contribution in [0.2, 0.25) is 0 Å². The molecule has 8 aromatic rings. The Labute approximate surface area is 428 Å². The number of anilines is 2. The molecule has 72 heavy (non-hydrogen) atoms. The van der Waals surface area contributed by atoms with Gasteiger partial charge in [0.05, 0.1) is 63.6 Å². The van der Waals surface area contributed by atoms with Crippen LogP contribution in [0.1, 0.15) is 80.0 Å². The van der Waals surface area contributed by atoms with Crippen LogP contribution in [0.15, 0.2) is 151 Å². The molecule has 2 heterocycles. The third kappa shape index (κ3) is 13.7. The lowest BCUT2D eigenvalue weighted by molar-refractivity contribution is 0.101. The second-order valence-corrected chi connectivity index (χ2v) is 18.3. The molecule has 368 valence electrons. The van der Waals surface area contributed by atoms with Crippen molar-refractivity contribution >= 4 is 39.1 Å². The van der Waals surface area contributed by atoms with Gasteiger partial charge in [-0.15, -0.1) is 0 Å². The zero-order valence-corrected chi connectivity index (χ0v) is 43.0. The van der Waals surface area contributed by atoms with Gasteiger partial charge in [-0.05, 0) is 158 Å². The van der Waals surface area contributed by atoms with E-state index in [2.05, 4.69) is 56.4 Å². The Morgan fingerprint density at radius 2 is 0.986 bits per heavy atom. The molecule has 0 aliphatic rings. The molecule has 0 saturated heterocycles. The van der Waals surface area contributed by atoms with E-state index < -0.39 is 5.82 Å². The van der Waals surface area contributed by atoms with Gasteiger partial charge in [-0.2, -0.15) is 0 Å². The number of amides is 2. The maximum absolute atomic E-state index is 13.7. The minimum Gasteiger partial charge on any atom is -0.493 e. The van der Waals surface area contributed by atoms with Crippen LogP contribution >= 0.6 is 15.9 Å². The Balaban J connectivity index is 0.000000211. The van der Waals surface area contributed by atoms with Gasteiger partial charge in [0.25, 0.3) is 11.8 Å². The first-order chi connectivity index (χ1) is 34.7. The number of aryl methyl sites for hydroxylation is 2. The minimum atomic E-state index is -0.432. The number of methoxy groups -OCH3 is 4. The predicted molar refractivity (Wildman–Crippen MR) is 284 cm³/mol. The third-order valence-electron chi connectivity index (χ3n) is 11.8. The number of carbonyl (C=O) groups is 2. The maximum atomic E-state index is 13.7. The highest BCUT2D eigenvalue weighted by Crippen LogP contribution is 2.34.